The molecule has 2 aromatic carbocycles. The minimum absolute atomic E-state index is 0.00836. The number of nitro benzene ring substituents is 1. The SMILES string of the molecule is COc1ccc(CCn2c(-c3ccc([N+](=O)[O-])cc3)cc(C(N)=O)c2C)cc1OC. The summed E-state index contributed by atoms with van der Waals surface area (Å²) in [7, 11) is 3.17. The lowest BCUT2D eigenvalue weighted by Crippen LogP contribution is -2.13. The second-order valence-electron chi connectivity index (χ2n) is 6.79. The zero-order chi connectivity index (χ0) is 21.8. The monoisotopic (exact) mass is 409 g/mol. The lowest BCUT2D eigenvalue weighted by molar-refractivity contribution is -0.384. The third-order valence-electron chi connectivity index (χ3n) is 5.08. The quantitative estimate of drug-likeness (QED) is 0.450. The molecule has 0 aliphatic carbocycles. The molecule has 1 heterocycles. The zero-order valence-electron chi connectivity index (χ0n) is 17.0. The van der Waals surface area contributed by atoms with Gasteiger partial charge in [-0.2, -0.15) is 0 Å². The number of methoxy groups -OCH3 is 2. The van der Waals surface area contributed by atoms with Crippen LogP contribution in [0.4, 0.5) is 5.69 Å². The normalized spacial score (nSPS) is 10.6. The number of hydrogen-bond donors (Lipinski definition) is 1. The number of rotatable bonds is 8. The van der Waals surface area contributed by atoms with Crippen molar-refractivity contribution in [2.24, 2.45) is 5.73 Å². The fourth-order valence-electron chi connectivity index (χ4n) is 3.45. The van der Waals surface area contributed by atoms with E-state index in [1.807, 2.05) is 29.7 Å². The molecule has 0 bridgehead atoms. The van der Waals surface area contributed by atoms with Gasteiger partial charge >= 0.3 is 0 Å². The Hall–Kier alpha value is -3.81. The molecule has 8 nitrogen and oxygen atoms in total. The maximum atomic E-state index is 11.9. The summed E-state index contributed by atoms with van der Waals surface area (Å²) in [4.78, 5) is 22.4. The Kier molecular flexibility index (Phi) is 6.06. The Labute approximate surface area is 174 Å². The number of hydrogen-bond acceptors (Lipinski definition) is 5. The summed E-state index contributed by atoms with van der Waals surface area (Å²) in [5.41, 5.74) is 9.31. The molecule has 8 heteroatoms. The number of benzene rings is 2. The minimum atomic E-state index is -0.513. The van der Waals surface area contributed by atoms with Gasteiger partial charge in [-0.05, 0) is 54.8 Å². The number of aryl methyl sites for hydroxylation is 1. The molecule has 2 N–H and O–H groups in total. The fraction of sp³-hybridized carbons (Fsp3) is 0.227. The largest absolute Gasteiger partial charge is 0.493 e. The molecule has 0 saturated carbocycles. The van der Waals surface area contributed by atoms with E-state index in [0.717, 1.165) is 22.5 Å². The summed E-state index contributed by atoms with van der Waals surface area (Å²) < 4.78 is 12.6. The molecule has 1 amide bonds. The molecule has 0 fully saturated rings. The van der Waals surface area contributed by atoms with Crippen molar-refractivity contribution in [3.05, 3.63) is 75.5 Å². The van der Waals surface area contributed by atoms with E-state index in [1.165, 1.54) is 12.1 Å². The number of amides is 1. The van der Waals surface area contributed by atoms with Crippen LogP contribution < -0.4 is 15.2 Å². The van der Waals surface area contributed by atoms with Crippen LogP contribution in [0, 0.1) is 17.0 Å². The maximum Gasteiger partial charge on any atom is 0.269 e. The number of primary amides is 1. The second-order valence-corrected chi connectivity index (χ2v) is 6.79. The fourth-order valence-corrected chi connectivity index (χ4v) is 3.45. The van der Waals surface area contributed by atoms with Gasteiger partial charge in [0, 0.05) is 30.1 Å². The zero-order valence-corrected chi connectivity index (χ0v) is 17.0. The van der Waals surface area contributed by atoms with Crippen LogP contribution in [0.2, 0.25) is 0 Å². The van der Waals surface area contributed by atoms with Crippen molar-refractivity contribution < 1.29 is 19.2 Å². The molecule has 0 saturated heterocycles. The van der Waals surface area contributed by atoms with E-state index < -0.39 is 10.8 Å². The number of nitrogens with two attached hydrogens (primary N) is 1. The summed E-state index contributed by atoms with van der Waals surface area (Å²) in [6.07, 6.45) is 0.675. The highest BCUT2D eigenvalue weighted by Gasteiger charge is 2.18. The van der Waals surface area contributed by atoms with Crippen LogP contribution in [0.5, 0.6) is 11.5 Å². The van der Waals surface area contributed by atoms with E-state index in [0.29, 0.717) is 30.0 Å². The van der Waals surface area contributed by atoms with E-state index in [-0.39, 0.29) is 5.69 Å². The highest BCUT2D eigenvalue weighted by molar-refractivity contribution is 5.95. The first-order chi connectivity index (χ1) is 14.3. The van der Waals surface area contributed by atoms with Gasteiger partial charge in [0.1, 0.15) is 0 Å². The van der Waals surface area contributed by atoms with Crippen molar-refractivity contribution in [3.8, 4) is 22.8 Å². The van der Waals surface area contributed by atoms with Crippen molar-refractivity contribution in [2.45, 2.75) is 19.9 Å². The number of nitrogens with zero attached hydrogens (tertiary/aromatic N) is 2. The molecule has 0 radical (unpaired) electrons. The summed E-state index contributed by atoms with van der Waals surface area (Å²) in [6, 6.07) is 13.7. The van der Waals surface area contributed by atoms with Gasteiger partial charge in [0.05, 0.1) is 24.7 Å². The standard InChI is InChI=1S/C22H23N3O5/c1-14-18(22(23)26)13-19(16-5-7-17(8-6-16)25(27)28)24(14)11-10-15-4-9-20(29-2)21(12-15)30-3/h4-9,12-13H,10-11H2,1-3H3,(H2,23,26). The number of carbonyl (C=O) groups excluding carboxylic acids is 1. The maximum absolute atomic E-state index is 11.9. The van der Waals surface area contributed by atoms with E-state index in [9.17, 15) is 14.9 Å². The van der Waals surface area contributed by atoms with E-state index in [4.69, 9.17) is 15.2 Å². The van der Waals surface area contributed by atoms with E-state index >= 15 is 0 Å². The second kappa shape index (κ2) is 8.69. The Bertz CT molecular complexity index is 1090. The smallest absolute Gasteiger partial charge is 0.269 e. The van der Waals surface area contributed by atoms with Crippen LogP contribution in [0.3, 0.4) is 0 Å². The molecule has 0 aliphatic rings. The number of nitro groups is 1. The molecular formula is C22H23N3O5. The first-order valence-electron chi connectivity index (χ1n) is 9.31. The molecule has 30 heavy (non-hydrogen) atoms. The van der Waals surface area contributed by atoms with Crippen LogP contribution >= 0.6 is 0 Å². The third kappa shape index (κ3) is 4.12. The van der Waals surface area contributed by atoms with Crippen LogP contribution in [0.1, 0.15) is 21.6 Å². The van der Waals surface area contributed by atoms with Gasteiger partial charge in [0.2, 0.25) is 0 Å². The Morgan fingerprint density at radius 1 is 1.07 bits per heavy atom. The Balaban J connectivity index is 1.95. The molecule has 0 aliphatic heterocycles. The first kappa shape index (κ1) is 20.9. The number of ether oxygens (including phenoxy) is 2. The van der Waals surface area contributed by atoms with Gasteiger partial charge in [0.25, 0.3) is 11.6 Å². The summed E-state index contributed by atoms with van der Waals surface area (Å²) in [5.74, 6) is 0.786. The van der Waals surface area contributed by atoms with Crippen LogP contribution in [0.15, 0.2) is 48.5 Å². The molecular weight excluding hydrogens is 386 g/mol. The summed E-state index contributed by atoms with van der Waals surface area (Å²) >= 11 is 0. The van der Waals surface area contributed by atoms with Gasteiger partial charge in [-0.25, -0.2) is 0 Å². The van der Waals surface area contributed by atoms with Crippen LogP contribution in [-0.2, 0) is 13.0 Å². The Morgan fingerprint density at radius 3 is 2.30 bits per heavy atom. The molecule has 0 atom stereocenters. The molecule has 156 valence electrons. The van der Waals surface area contributed by atoms with Gasteiger partial charge in [-0.1, -0.05) is 6.07 Å². The molecule has 0 unspecified atom stereocenters. The molecule has 0 spiro atoms. The summed E-state index contributed by atoms with van der Waals surface area (Å²) in [6.45, 7) is 2.42. The molecule has 3 rings (SSSR count). The van der Waals surface area contributed by atoms with Gasteiger partial charge in [0.15, 0.2) is 11.5 Å². The molecule has 3 aromatic rings. The van der Waals surface area contributed by atoms with E-state index in [2.05, 4.69) is 0 Å². The lowest BCUT2D eigenvalue weighted by Gasteiger charge is -2.14. The predicted octanol–water partition coefficient (Wildman–Crippen LogP) is 3.73. The number of non-ortho nitro benzene ring substituents is 1. The lowest BCUT2D eigenvalue weighted by atomic mass is 10.1. The minimum Gasteiger partial charge on any atom is -0.493 e. The Morgan fingerprint density at radius 2 is 1.73 bits per heavy atom. The number of carbonyl (C=O) groups is 1. The van der Waals surface area contributed by atoms with E-state index in [1.54, 1.807) is 32.4 Å². The summed E-state index contributed by atoms with van der Waals surface area (Å²) in [5, 5.41) is 10.9. The molecule has 1 aromatic heterocycles. The topological polar surface area (TPSA) is 110 Å². The van der Waals surface area contributed by atoms with Crippen molar-refractivity contribution in [1.82, 2.24) is 4.57 Å². The predicted molar refractivity (Wildman–Crippen MR) is 113 cm³/mol. The highest BCUT2D eigenvalue weighted by atomic mass is 16.6. The van der Waals surface area contributed by atoms with Crippen LogP contribution in [-0.4, -0.2) is 29.6 Å². The average molecular weight is 409 g/mol. The van der Waals surface area contributed by atoms with Gasteiger partial charge < -0.3 is 19.8 Å². The van der Waals surface area contributed by atoms with Crippen molar-refractivity contribution >= 4 is 11.6 Å². The highest BCUT2D eigenvalue weighted by Crippen LogP contribution is 2.30. The van der Waals surface area contributed by atoms with Gasteiger partial charge in [-0.3, -0.25) is 14.9 Å². The van der Waals surface area contributed by atoms with Crippen LogP contribution in [0.25, 0.3) is 11.3 Å². The average Bonchev–Trinajstić information content (AvgIpc) is 3.08. The third-order valence-corrected chi connectivity index (χ3v) is 5.08. The van der Waals surface area contributed by atoms with Crippen molar-refractivity contribution in [2.75, 3.05) is 14.2 Å². The first-order valence-corrected chi connectivity index (χ1v) is 9.31. The van der Waals surface area contributed by atoms with Crippen molar-refractivity contribution in [3.63, 3.8) is 0 Å². The van der Waals surface area contributed by atoms with Crippen molar-refractivity contribution in [1.29, 1.82) is 0 Å². The van der Waals surface area contributed by atoms with Gasteiger partial charge in [-0.15, -0.1) is 0 Å². The number of aromatic nitrogens is 1.